The summed E-state index contributed by atoms with van der Waals surface area (Å²) in [5.41, 5.74) is 5.00. The van der Waals surface area contributed by atoms with Crippen molar-refractivity contribution in [1.29, 1.82) is 0 Å². The first kappa shape index (κ1) is 11.8. The highest BCUT2D eigenvalue weighted by Gasteiger charge is 2.24. The lowest BCUT2D eigenvalue weighted by molar-refractivity contribution is -0.150. The van der Waals surface area contributed by atoms with Crippen LogP contribution < -0.4 is 5.73 Å². The summed E-state index contributed by atoms with van der Waals surface area (Å²) in [7, 11) is 0. The summed E-state index contributed by atoms with van der Waals surface area (Å²) >= 11 is 0. The monoisotopic (exact) mass is 193 g/mol. The van der Waals surface area contributed by atoms with Crippen LogP contribution in [0.1, 0.15) is 13.3 Å². The van der Waals surface area contributed by atoms with Gasteiger partial charge in [0.2, 0.25) is 0 Å². The van der Waals surface area contributed by atoms with Gasteiger partial charge in [-0.1, -0.05) is 0 Å². The lowest BCUT2D eigenvalue weighted by atomic mass is 10.1. The molecule has 0 bridgehead atoms. The van der Waals surface area contributed by atoms with E-state index in [-0.39, 0.29) is 6.61 Å². The fourth-order valence-electron chi connectivity index (χ4n) is 0.653. The van der Waals surface area contributed by atoms with E-state index in [0.29, 0.717) is 0 Å². The molecule has 3 N–H and O–H groups in total. The van der Waals surface area contributed by atoms with E-state index in [1.807, 2.05) is 0 Å². The average Bonchev–Trinajstić information content (AvgIpc) is 2.04. The van der Waals surface area contributed by atoms with Gasteiger partial charge in [-0.05, 0) is 6.92 Å². The van der Waals surface area contributed by atoms with Crippen LogP contribution in [0.3, 0.4) is 0 Å². The zero-order valence-electron chi connectivity index (χ0n) is 7.20. The molecule has 0 saturated heterocycles. The van der Waals surface area contributed by atoms with Gasteiger partial charge in [0.15, 0.2) is 6.17 Å². The quantitative estimate of drug-likeness (QED) is 0.584. The molecular formula is C7H12FNO4. The number of hydrogen-bond donors (Lipinski definition) is 2. The van der Waals surface area contributed by atoms with E-state index in [9.17, 15) is 14.0 Å². The minimum atomic E-state index is -1.97. The van der Waals surface area contributed by atoms with Gasteiger partial charge >= 0.3 is 11.9 Å². The van der Waals surface area contributed by atoms with Gasteiger partial charge in [0.1, 0.15) is 6.04 Å². The summed E-state index contributed by atoms with van der Waals surface area (Å²) in [6.45, 7) is 1.59. The summed E-state index contributed by atoms with van der Waals surface area (Å²) in [4.78, 5) is 20.8. The van der Waals surface area contributed by atoms with Gasteiger partial charge in [-0.3, -0.25) is 4.79 Å². The molecule has 0 aromatic heterocycles. The Morgan fingerprint density at radius 1 is 1.62 bits per heavy atom. The zero-order chi connectivity index (χ0) is 10.4. The fourth-order valence-corrected chi connectivity index (χ4v) is 0.653. The number of ether oxygens (including phenoxy) is 1. The van der Waals surface area contributed by atoms with Crippen molar-refractivity contribution in [3.8, 4) is 0 Å². The van der Waals surface area contributed by atoms with Gasteiger partial charge in [0.25, 0.3) is 0 Å². The number of aliphatic carboxylic acids is 1. The van der Waals surface area contributed by atoms with E-state index in [0.717, 1.165) is 0 Å². The Kier molecular flexibility index (Phi) is 4.98. The number of carbonyl (C=O) groups excluding carboxylic acids is 1. The Bertz CT molecular complexity index is 197. The topological polar surface area (TPSA) is 89.6 Å². The van der Waals surface area contributed by atoms with E-state index in [2.05, 4.69) is 4.74 Å². The van der Waals surface area contributed by atoms with E-state index in [1.54, 1.807) is 0 Å². The van der Waals surface area contributed by atoms with Crippen LogP contribution in [-0.2, 0) is 14.3 Å². The van der Waals surface area contributed by atoms with Crippen LogP contribution in [0, 0.1) is 0 Å². The van der Waals surface area contributed by atoms with Gasteiger partial charge in [-0.2, -0.15) is 0 Å². The highest BCUT2D eigenvalue weighted by atomic mass is 19.1. The Balaban J connectivity index is 3.92. The van der Waals surface area contributed by atoms with Gasteiger partial charge in [-0.15, -0.1) is 0 Å². The average molecular weight is 193 g/mol. The summed E-state index contributed by atoms with van der Waals surface area (Å²) in [5.74, 6) is -2.41. The highest BCUT2D eigenvalue weighted by Crippen LogP contribution is 2.03. The summed E-state index contributed by atoms with van der Waals surface area (Å²) in [5, 5.41) is 8.30. The van der Waals surface area contributed by atoms with Gasteiger partial charge in [0.05, 0.1) is 6.61 Å². The molecule has 0 aliphatic carbocycles. The van der Waals surface area contributed by atoms with Crippen molar-refractivity contribution in [2.45, 2.75) is 25.6 Å². The Morgan fingerprint density at radius 2 is 2.15 bits per heavy atom. The number of hydrogen-bond acceptors (Lipinski definition) is 4. The molecule has 0 spiro atoms. The second-order valence-electron chi connectivity index (χ2n) is 2.40. The van der Waals surface area contributed by atoms with Crippen molar-refractivity contribution in [3.05, 3.63) is 0 Å². The molecule has 0 rings (SSSR count). The van der Waals surface area contributed by atoms with E-state index in [1.165, 1.54) is 6.92 Å². The molecule has 0 saturated carbocycles. The molecular weight excluding hydrogens is 181 g/mol. The summed E-state index contributed by atoms with van der Waals surface area (Å²) in [6.07, 6.45) is -2.53. The summed E-state index contributed by atoms with van der Waals surface area (Å²) < 4.78 is 17.1. The molecule has 0 aliphatic heterocycles. The van der Waals surface area contributed by atoms with Crippen molar-refractivity contribution in [1.82, 2.24) is 0 Å². The first-order valence-corrected chi connectivity index (χ1v) is 3.78. The minimum Gasteiger partial charge on any atom is -0.480 e. The first-order valence-electron chi connectivity index (χ1n) is 3.78. The number of halogens is 1. The van der Waals surface area contributed by atoms with Gasteiger partial charge in [-0.25, -0.2) is 9.18 Å². The molecule has 0 heterocycles. The molecule has 0 aliphatic rings. The maximum absolute atomic E-state index is 12.8. The number of carboxylic acid groups (broad SMARTS) is 1. The Morgan fingerprint density at radius 3 is 2.54 bits per heavy atom. The molecule has 2 atom stereocenters. The number of alkyl halides is 1. The van der Waals surface area contributed by atoms with Crippen LogP contribution in [0.15, 0.2) is 0 Å². The molecule has 6 heteroatoms. The predicted octanol–water partition coefficient (Wildman–Crippen LogP) is -0.310. The lowest BCUT2D eigenvalue weighted by Crippen LogP contribution is -2.35. The highest BCUT2D eigenvalue weighted by molar-refractivity contribution is 5.77. The molecule has 0 fully saturated rings. The van der Waals surface area contributed by atoms with Crippen molar-refractivity contribution < 1.29 is 23.8 Å². The van der Waals surface area contributed by atoms with Crippen molar-refractivity contribution >= 4 is 11.9 Å². The predicted molar refractivity (Wildman–Crippen MR) is 41.8 cm³/mol. The number of carbonyl (C=O) groups is 2. The van der Waals surface area contributed by atoms with Crippen LogP contribution in [0.4, 0.5) is 4.39 Å². The molecule has 0 radical (unpaired) electrons. The van der Waals surface area contributed by atoms with E-state index < -0.39 is 30.6 Å². The van der Waals surface area contributed by atoms with E-state index >= 15 is 0 Å². The smallest absolute Gasteiger partial charge is 0.340 e. The normalized spacial score (nSPS) is 14.7. The maximum atomic E-state index is 12.8. The van der Waals surface area contributed by atoms with Gasteiger partial charge < -0.3 is 15.6 Å². The van der Waals surface area contributed by atoms with Crippen LogP contribution in [0.25, 0.3) is 0 Å². The SMILES string of the molecule is CCOC(=O)[C@@H](F)C[C@H](N)C(=O)O. The number of nitrogens with two attached hydrogens (primary N) is 1. The second-order valence-corrected chi connectivity index (χ2v) is 2.40. The Labute approximate surface area is 74.7 Å². The minimum absolute atomic E-state index is 0.0571. The maximum Gasteiger partial charge on any atom is 0.340 e. The Hall–Kier alpha value is -1.17. The first-order chi connectivity index (χ1) is 5.99. The van der Waals surface area contributed by atoms with Crippen LogP contribution in [-0.4, -0.2) is 35.9 Å². The molecule has 13 heavy (non-hydrogen) atoms. The molecule has 0 aromatic carbocycles. The number of carboxylic acids is 1. The van der Waals surface area contributed by atoms with Gasteiger partial charge in [0, 0.05) is 6.42 Å². The van der Waals surface area contributed by atoms with Crippen LogP contribution in [0.5, 0.6) is 0 Å². The van der Waals surface area contributed by atoms with Crippen molar-refractivity contribution in [3.63, 3.8) is 0 Å². The van der Waals surface area contributed by atoms with Crippen LogP contribution in [0.2, 0.25) is 0 Å². The third kappa shape index (κ3) is 4.41. The second kappa shape index (κ2) is 5.47. The lowest BCUT2D eigenvalue weighted by Gasteiger charge is -2.09. The number of esters is 1. The third-order valence-corrected chi connectivity index (χ3v) is 1.32. The van der Waals surface area contributed by atoms with Crippen molar-refractivity contribution in [2.75, 3.05) is 6.61 Å². The van der Waals surface area contributed by atoms with Crippen molar-refractivity contribution in [2.24, 2.45) is 5.73 Å². The summed E-state index contributed by atoms with van der Waals surface area (Å²) in [6, 6.07) is -1.38. The van der Waals surface area contributed by atoms with Crippen LogP contribution >= 0.6 is 0 Å². The van der Waals surface area contributed by atoms with E-state index in [4.69, 9.17) is 10.8 Å². The molecule has 76 valence electrons. The molecule has 0 amide bonds. The zero-order valence-corrected chi connectivity index (χ0v) is 7.20. The molecule has 0 unspecified atom stereocenters. The molecule has 5 nitrogen and oxygen atoms in total. The molecule has 0 aromatic rings. The number of rotatable bonds is 5. The largest absolute Gasteiger partial charge is 0.480 e. The fraction of sp³-hybridized carbons (Fsp3) is 0.714. The standard InChI is InChI=1S/C7H12FNO4/c1-2-13-7(12)4(8)3-5(9)6(10)11/h4-5H,2-3,9H2,1H3,(H,10,11)/t4-,5-/m0/s1. The third-order valence-electron chi connectivity index (χ3n) is 1.32.